The Hall–Kier alpha value is 0.430. The molecule has 0 nitrogen and oxygen atoms in total. The van der Waals surface area contributed by atoms with Crippen molar-refractivity contribution in [3.63, 3.8) is 0 Å². The van der Waals surface area contributed by atoms with Gasteiger partial charge < -0.3 is 0 Å². The van der Waals surface area contributed by atoms with Gasteiger partial charge >= 0.3 is 198 Å². The first-order valence-electron chi connectivity index (χ1n) is 15.4. The Kier molecular flexibility index (Phi) is 12.9. The van der Waals surface area contributed by atoms with Crippen molar-refractivity contribution in [3.8, 4) is 0 Å². The predicted molar refractivity (Wildman–Crippen MR) is 146 cm³/mol. The first kappa shape index (κ1) is 26.0. The monoisotopic (exact) mass is 450 g/mol. The summed E-state index contributed by atoms with van der Waals surface area (Å²) in [6.07, 6.45) is 40.9. The van der Waals surface area contributed by atoms with Gasteiger partial charge in [-0.05, 0) is 0 Å². The fourth-order valence-corrected chi connectivity index (χ4v) is 17.0. The van der Waals surface area contributed by atoms with E-state index in [4.69, 9.17) is 0 Å². The molecular formula is C30H59P. The molecular weight excluding hydrogens is 391 g/mol. The van der Waals surface area contributed by atoms with Crippen LogP contribution in [0.4, 0.5) is 0 Å². The molecule has 0 unspecified atom stereocenters. The van der Waals surface area contributed by atoms with E-state index in [-0.39, 0.29) is 0 Å². The van der Waals surface area contributed by atoms with Gasteiger partial charge in [-0.2, -0.15) is 0 Å². The summed E-state index contributed by atoms with van der Waals surface area (Å²) in [6.45, 7) is 2.33. The van der Waals surface area contributed by atoms with Crippen LogP contribution in [0.25, 0.3) is 0 Å². The van der Waals surface area contributed by atoms with Crippen LogP contribution in [-0.4, -0.2) is 23.1 Å². The Morgan fingerprint density at radius 3 is 1.10 bits per heavy atom. The van der Waals surface area contributed by atoms with Gasteiger partial charge in [-0.15, -0.1) is 0 Å². The minimum absolute atomic E-state index is 1.18. The normalized spacial score (nSPS) is 23.3. The summed E-state index contributed by atoms with van der Waals surface area (Å²) < 4.78 is 0. The molecule has 184 valence electrons. The average Bonchev–Trinajstić information content (AvgIpc) is 2.84. The van der Waals surface area contributed by atoms with Crippen LogP contribution < -0.4 is 0 Å². The van der Waals surface area contributed by atoms with Gasteiger partial charge in [0.25, 0.3) is 0 Å². The molecule has 0 amide bonds. The zero-order valence-electron chi connectivity index (χ0n) is 21.6. The van der Waals surface area contributed by atoms with Crippen LogP contribution in [0.2, 0.25) is 0 Å². The van der Waals surface area contributed by atoms with Crippen molar-refractivity contribution in [1.82, 2.24) is 0 Å². The maximum absolute atomic E-state index is 2.33. The van der Waals surface area contributed by atoms with Crippen LogP contribution in [-0.2, 0) is 0 Å². The second-order valence-electron chi connectivity index (χ2n) is 12.0. The molecule has 31 heavy (non-hydrogen) atoms. The summed E-state index contributed by atoms with van der Waals surface area (Å²) in [5, 5.41) is 0. The van der Waals surface area contributed by atoms with E-state index in [1.54, 1.807) is 115 Å². The Morgan fingerprint density at radius 2 is 0.742 bits per heavy atom. The van der Waals surface area contributed by atoms with E-state index in [2.05, 4.69) is 6.92 Å². The Morgan fingerprint density at radius 1 is 0.419 bits per heavy atom. The number of rotatable bonds is 14. The third-order valence-corrected chi connectivity index (χ3v) is 17.6. The third-order valence-electron chi connectivity index (χ3n) is 10.1. The van der Waals surface area contributed by atoms with Crippen LogP contribution in [0.1, 0.15) is 167 Å². The van der Waals surface area contributed by atoms with Gasteiger partial charge in [-0.3, -0.25) is 0 Å². The molecule has 3 fully saturated rings. The third kappa shape index (κ3) is 8.01. The second kappa shape index (κ2) is 15.4. The molecule has 0 atom stereocenters. The zero-order valence-corrected chi connectivity index (χ0v) is 22.6. The molecule has 0 radical (unpaired) electrons. The van der Waals surface area contributed by atoms with Gasteiger partial charge in [0.15, 0.2) is 0 Å². The molecule has 0 heterocycles. The van der Waals surface area contributed by atoms with E-state index in [1.165, 1.54) is 68.3 Å². The van der Waals surface area contributed by atoms with Crippen molar-refractivity contribution in [2.24, 2.45) is 0 Å². The van der Waals surface area contributed by atoms with E-state index >= 15 is 0 Å². The molecule has 1 heteroatoms. The van der Waals surface area contributed by atoms with Gasteiger partial charge in [-0.1, -0.05) is 0 Å². The molecule has 0 aromatic heterocycles. The van der Waals surface area contributed by atoms with Crippen molar-refractivity contribution in [3.05, 3.63) is 0 Å². The summed E-state index contributed by atoms with van der Waals surface area (Å²) in [7, 11) is -1.18. The fourth-order valence-electron chi connectivity index (χ4n) is 8.45. The summed E-state index contributed by atoms with van der Waals surface area (Å²) >= 11 is 0. The quantitative estimate of drug-likeness (QED) is 0.182. The van der Waals surface area contributed by atoms with Crippen molar-refractivity contribution in [1.29, 1.82) is 0 Å². The van der Waals surface area contributed by atoms with E-state index in [1.807, 2.05) is 0 Å². The Bertz CT molecular complexity index is 380. The van der Waals surface area contributed by atoms with Crippen molar-refractivity contribution >= 4 is 7.26 Å². The number of hydrogen-bond donors (Lipinski definition) is 0. The maximum atomic E-state index is 2.33. The minimum atomic E-state index is -1.18. The predicted octanol–water partition coefficient (Wildman–Crippen LogP) is 10.7. The molecule has 0 saturated heterocycles. The summed E-state index contributed by atoms with van der Waals surface area (Å²) in [6, 6.07) is 0. The fraction of sp³-hybridized carbons (Fsp3) is 1.00. The first-order valence-corrected chi connectivity index (χ1v) is 17.8. The Labute approximate surface area is 197 Å². The van der Waals surface area contributed by atoms with E-state index < -0.39 is 7.26 Å². The van der Waals surface area contributed by atoms with Gasteiger partial charge in [0.2, 0.25) is 0 Å². The van der Waals surface area contributed by atoms with Crippen molar-refractivity contribution in [2.45, 2.75) is 184 Å². The zero-order chi connectivity index (χ0) is 21.6. The van der Waals surface area contributed by atoms with Gasteiger partial charge in [0.05, 0.1) is 0 Å². The van der Waals surface area contributed by atoms with Crippen LogP contribution in [0.5, 0.6) is 0 Å². The summed E-state index contributed by atoms with van der Waals surface area (Å²) in [5.41, 5.74) is 3.68. The molecule has 0 bridgehead atoms. The van der Waals surface area contributed by atoms with Crippen LogP contribution >= 0.6 is 7.26 Å². The molecule has 3 rings (SSSR count). The van der Waals surface area contributed by atoms with Crippen LogP contribution in [0.3, 0.4) is 0 Å². The molecule has 0 aliphatic heterocycles. The standard InChI is InChI=1S/C30H59P/c1-2-3-4-5-6-7-8-9-10-20-27-31(28-21-14-11-15-22-28,29-23-16-12-17-24-29)30-25-18-13-19-26-30/h28-31H,2-27H2,1H3. The van der Waals surface area contributed by atoms with Gasteiger partial charge in [0.1, 0.15) is 0 Å². The topological polar surface area (TPSA) is 0 Å². The molecule has 0 aromatic rings. The SMILES string of the molecule is CCCCCCCCCCCC[PH](C1CCCCC1)(C1CCCCC1)C1CCCCC1. The Balaban J connectivity index is 1.55. The summed E-state index contributed by atoms with van der Waals surface area (Å²) in [5.74, 6) is 0. The van der Waals surface area contributed by atoms with E-state index in [0.717, 1.165) is 0 Å². The van der Waals surface area contributed by atoms with Crippen LogP contribution in [0.15, 0.2) is 0 Å². The number of unbranched alkanes of at least 4 members (excludes halogenated alkanes) is 9. The molecule has 3 aliphatic rings. The first-order chi connectivity index (χ1) is 15.4. The van der Waals surface area contributed by atoms with E-state index in [9.17, 15) is 0 Å². The molecule has 0 aromatic carbocycles. The molecule has 0 spiro atoms. The van der Waals surface area contributed by atoms with E-state index in [0.29, 0.717) is 0 Å². The molecule has 3 aliphatic carbocycles. The molecule has 3 saturated carbocycles. The van der Waals surface area contributed by atoms with Crippen molar-refractivity contribution in [2.75, 3.05) is 6.16 Å². The summed E-state index contributed by atoms with van der Waals surface area (Å²) in [4.78, 5) is 0. The van der Waals surface area contributed by atoms with Gasteiger partial charge in [-0.25, -0.2) is 0 Å². The van der Waals surface area contributed by atoms with Gasteiger partial charge in [0, 0.05) is 0 Å². The van der Waals surface area contributed by atoms with Crippen LogP contribution in [0, 0.1) is 0 Å². The van der Waals surface area contributed by atoms with Crippen molar-refractivity contribution < 1.29 is 0 Å². The molecule has 0 N–H and O–H groups in total. The number of hydrogen-bond acceptors (Lipinski definition) is 0. The average molecular weight is 451 g/mol. The second-order valence-corrected chi connectivity index (χ2v) is 17.2.